The van der Waals surface area contributed by atoms with Crippen LogP contribution in [0.1, 0.15) is 37.2 Å². The Morgan fingerprint density at radius 2 is 2.06 bits per heavy atom. The predicted octanol–water partition coefficient (Wildman–Crippen LogP) is 2.29. The number of nitrogens with zero attached hydrogens (tertiary/aromatic N) is 1. The second-order valence-corrected chi connectivity index (χ2v) is 4.65. The van der Waals surface area contributed by atoms with Gasteiger partial charge in [-0.2, -0.15) is 0 Å². The smallest absolute Gasteiger partial charge is 0.258 e. The summed E-state index contributed by atoms with van der Waals surface area (Å²) >= 11 is 0. The quantitative estimate of drug-likeness (QED) is 0.789. The van der Waals surface area contributed by atoms with Gasteiger partial charge in [-0.15, -0.1) is 0 Å². The molecule has 0 atom stereocenters. The van der Waals surface area contributed by atoms with Gasteiger partial charge in [0, 0.05) is 0 Å². The predicted molar refractivity (Wildman–Crippen MR) is 65.2 cm³/mol. The Balaban J connectivity index is 2.22. The molecule has 1 heterocycles. The third-order valence-corrected chi connectivity index (χ3v) is 3.57. The highest BCUT2D eigenvalue weighted by atomic mass is 16.3. The molecular formula is C13H14N2O2. The Morgan fingerprint density at radius 1 is 1.29 bits per heavy atom. The van der Waals surface area contributed by atoms with E-state index in [1.807, 2.05) is 6.07 Å². The van der Waals surface area contributed by atoms with Crippen LogP contribution in [0.5, 0.6) is 5.75 Å². The van der Waals surface area contributed by atoms with E-state index in [-0.39, 0.29) is 11.3 Å². The Morgan fingerprint density at radius 3 is 2.82 bits per heavy atom. The number of phenols is 1. The van der Waals surface area contributed by atoms with Gasteiger partial charge in [0.15, 0.2) is 0 Å². The maximum absolute atomic E-state index is 11.7. The van der Waals surface area contributed by atoms with Crippen LogP contribution in [0.25, 0.3) is 10.9 Å². The van der Waals surface area contributed by atoms with Crippen LogP contribution in [0, 0.1) is 0 Å². The summed E-state index contributed by atoms with van der Waals surface area (Å²) in [4.78, 5) is 18.2. The lowest BCUT2D eigenvalue weighted by Gasteiger charge is -2.10. The van der Waals surface area contributed by atoms with Gasteiger partial charge in [0.25, 0.3) is 5.56 Å². The SMILES string of the molecule is O=c1[nH]cnc2c(O)cc(C3CCCC3)cc12. The van der Waals surface area contributed by atoms with Crippen LogP contribution in [0.15, 0.2) is 23.3 Å². The maximum atomic E-state index is 11.7. The van der Waals surface area contributed by atoms with Crippen LogP contribution < -0.4 is 5.56 Å². The lowest BCUT2D eigenvalue weighted by atomic mass is 9.96. The van der Waals surface area contributed by atoms with E-state index in [2.05, 4.69) is 9.97 Å². The van der Waals surface area contributed by atoms with Crippen molar-refractivity contribution in [3.05, 3.63) is 34.4 Å². The van der Waals surface area contributed by atoms with Crippen molar-refractivity contribution in [2.75, 3.05) is 0 Å². The van der Waals surface area contributed by atoms with Gasteiger partial charge < -0.3 is 10.1 Å². The number of aromatic amines is 1. The first kappa shape index (κ1) is 10.3. The van der Waals surface area contributed by atoms with Gasteiger partial charge in [-0.05, 0) is 36.5 Å². The highest BCUT2D eigenvalue weighted by Crippen LogP contribution is 2.36. The minimum absolute atomic E-state index is 0.107. The maximum Gasteiger partial charge on any atom is 0.258 e. The van der Waals surface area contributed by atoms with E-state index in [4.69, 9.17) is 0 Å². The number of phenolic OH excluding ortho intramolecular Hbond substituents is 1. The molecule has 2 N–H and O–H groups in total. The molecule has 1 aliphatic rings. The van der Waals surface area contributed by atoms with Crippen LogP contribution in [0.3, 0.4) is 0 Å². The number of aromatic hydroxyl groups is 1. The molecule has 88 valence electrons. The molecule has 0 radical (unpaired) electrons. The molecule has 0 spiro atoms. The van der Waals surface area contributed by atoms with Crippen molar-refractivity contribution in [2.45, 2.75) is 31.6 Å². The van der Waals surface area contributed by atoms with E-state index >= 15 is 0 Å². The molecule has 0 bridgehead atoms. The van der Waals surface area contributed by atoms with E-state index < -0.39 is 0 Å². The van der Waals surface area contributed by atoms with Gasteiger partial charge in [-0.25, -0.2) is 4.98 Å². The van der Waals surface area contributed by atoms with Gasteiger partial charge >= 0.3 is 0 Å². The normalized spacial score (nSPS) is 16.7. The molecular weight excluding hydrogens is 216 g/mol. The lowest BCUT2D eigenvalue weighted by molar-refractivity contribution is 0.478. The first-order chi connectivity index (χ1) is 8.25. The Labute approximate surface area is 98.3 Å². The number of rotatable bonds is 1. The van der Waals surface area contributed by atoms with Crippen LogP contribution in [0.2, 0.25) is 0 Å². The number of hydrogen-bond donors (Lipinski definition) is 2. The third-order valence-electron chi connectivity index (χ3n) is 3.57. The summed E-state index contributed by atoms with van der Waals surface area (Å²) in [5, 5.41) is 10.4. The van der Waals surface area contributed by atoms with Crippen molar-refractivity contribution >= 4 is 10.9 Å². The number of hydrogen-bond acceptors (Lipinski definition) is 3. The van der Waals surface area contributed by atoms with E-state index in [0.717, 1.165) is 18.4 Å². The molecule has 0 aliphatic heterocycles. The van der Waals surface area contributed by atoms with Gasteiger partial charge in [-0.1, -0.05) is 12.8 Å². The Bertz CT molecular complexity index is 612. The third kappa shape index (κ3) is 1.69. The average molecular weight is 230 g/mol. The summed E-state index contributed by atoms with van der Waals surface area (Å²) in [6.07, 6.45) is 6.06. The van der Waals surface area contributed by atoms with Gasteiger partial charge in [0.05, 0.1) is 11.7 Å². The molecule has 1 saturated carbocycles. The molecule has 1 aromatic carbocycles. The molecule has 0 amide bonds. The lowest BCUT2D eigenvalue weighted by Crippen LogP contribution is -2.07. The molecule has 4 nitrogen and oxygen atoms in total. The number of benzene rings is 1. The van der Waals surface area contributed by atoms with E-state index in [1.165, 1.54) is 19.2 Å². The number of aromatic nitrogens is 2. The number of fused-ring (bicyclic) bond motifs is 1. The first-order valence-corrected chi connectivity index (χ1v) is 5.96. The molecule has 1 aromatic heterocycles. The molecule has 1 fully saturated rings. The summed E-state index contributed by atoms with van der Waals surface area (Å²) in [6.45, 7) is 0. The molecule has 3 rings (SSSR count). The molecule has 4 heteroatoms. The van der Waals surface area contributed by atoms with Crippen molar-refractivity contribution in [3.8, 4) is 5.75 Å². The summed E-state index contributed by atoms with van der Waals surface area (Å²) < 4.78 is 0. The first-order valence-electron chi connectivity index (χ1n) is 5.96. The Kier molecular flexibility index (Phi) is 2.35. The highest BCUT2D eigenvalue weighted by Gasteiger charge is 2.19. The second kappa shape index (κ2) is 3.87. The summed E-state index contributed by atoms with van der Waals surface area (Å²) in [5.74, 6) is 0.584. The van der Waals surface area contributed by atoms with Gasteiger partial charge in [-0.3, -0.25) is 4.79 Å². The summed E-state index contributed by atoms with van der Waals surface area (Å²) in [5.41, 5.74) is 1.26. The van der Waals surface area contributed by atoms with E-state index in [1.54, 1.807) is 6.07 Å². The van der Waals surface area contributed by atoms with E-state index in [0.29, 0.717) is 16.8 Å². The zero-order valence-corrected chi connectivity index (χ0v) is 9.44. The average Bonchev–Trinajstić information content (AvgIpc) is 2.84. The monoisotopic (exact) mass is 230 g/mol. The van der Waals surface area contributed by atoms with Crippen molar-refractivity contribution < 1.29 is 5.11 Å². The molecule has 17 heavy (non-hydrogen) atoms. The molecule has 0 saturated heterocycles. The van der Waals surface area contributed by atoms with Gasteiger partial charge in [0.1, 0.15) is 11.3 Å². The standard InChI is InChI=1S/C13H14N2O2/c16-11-6-9(8-3-1-2-4-8)5-10-12(11)14-7-15-13(10)17/h5-8,16H,1-4H2,(H,14,15,17). The second-order valence-electron chi connectivity index (χ2n) is 4.65. The van der Waals surface area contributed by atoms with Crippen molar-refractivity contribution in [2.24, 2.45) is 0 Å². The van der Waals surface area contributed by atoms with Crippen LogP contribution >= 0.6 is 0 Å². The fraction of sp³-hybridized carbons (Fsp3) is 0.385. The van der Waals surface area contributed by atoms with Gasteiger partial charge in [0.2, 0.25) is 0 Å². The molecule has 1 aliphatic carbocycles. The molecule has 0 unspecified atom stereocenters. The Hall–Kier alpha value is -1.84. The van der Waals surface area contributed by atoms with Crippen LogP contribution in [-0.4, -0.2) is 15.1 Å². The summed E-state index contributed by atoms with van der Waals surface area (Å²) in [7, 11) is 0. The number of nitrogens with one attached hydrogen (secondary N) is 1. The number of H-pyrrole nitrogens is 1. The minimum Gasteiger partial charge on any atom is -0.506 e. The summed E-state index contributed by atoms with van der Waals surface area (Å²) in [6, 6.07) is 3.63. The van der Waals surface area contributed by atoms with Crippen LogP contribution in [-0.2, 0) is 0 Å². The minimum atomic E-state index is -0.190. The zero-order valence-electron chi connectivity index (χ0n) is 9.44. The van der Waals surface area contributed by atoms with Crippen molar-refractivity contribution in [1.29, 1.82) is 0 Å². The highest BCUT2D eigenvalue weighted by molar-refractivity contribution is 5.84. The molecule has 2 aromatic rings. The van der Waals surface area contributed by atoms with Crippen molar-refractivity contribution in [1.82, 2.24) is 9.97 Å². The van der Waals surface area contributed by atoms with Crippen molar-refractivity contribution in [3.63, 3.8) is 0 Å². The fourth-order valence-electron chi connectivity index (χ4n) is 2.68. The van der Waals surface area contributed by atoms with Crippen LogP contribution in [0.4, 0.5) is 0 Å². The topological polar surface area (TPSA) is 66.0 Å². The largest absolute Gasteiger partial charge is 0.506 e. The fourth-order valence-corrected chi connectivity index (χ4v) is 2.68. The van der Waals surface area contributed by atoms with E-state index in [9.17, 15) is 9.90 Å². The zero-order chi connectivity index (χ0) is 11.8.